The number of amides is 1. The van der Waals surface area contributed by atoms with E-state index in [-0.39, 0.29) is 29.4 Å². The fourth-order valence-corrected chi connectivity index (χ4v) is 4.75. The van der Waals surface area contributed by atoms with Gasteiger partial charge in [0, 0.05) is 12.5 Å². The Morgan fingerprint density at radius 1 is 1.25 bits per heavy atom. The van der Waals surface area contributed by atoms with Gasteiger partial charge in [0.05, 0.1) is 16.8 Å². The van der Waals surface area contributed by atoms with E-state index in [1.165, 1.54) is 29.9 Å². The van der Waals surface area contributed by atoms with E-state index >= 15 is 0 Å². The molecule has 1 aliphatic carbocycles. The molecule has 1 aliphatic rings. The van der Waals surface area contributed by atoms with Crippen molar-refractivity contribution in [3.63, 3.8) is 0 Å². The van der Waals surface area contributed by atoms with Crippen LogP contribution in [0.25, 0.3) is 10.2 Å². The smallest absolute Gasteiger partial charge is 0.326 e. The first-order chi connectivity index (χ1) is 13.5. The minimum atomic E-state index is -0.799. The second-order valence-electron chi connectivity index (χ2n) is 7.06. The van der Waals surface area contributed by atoms with Gasteiger partial charge in [-0.2, -0.15) is 4.99 Å². The van der Waals surface area contributed by atoms with Gasteiger partial charge in [0.25, 0.3) is 0 Å². The summed E-state index contributed by atoms with van der Waals surface area (Å²) in [6.07, 6.45) is 7.05. The maximum Gasteiger partial charge on any atom is 0.326 e. The summed E-state index contributed by atoms with van der Waals surface area (Å²) < 4.78 is 34.5. The molecule has 1 amide bonds. The summed E-state index contributed by atoms with van der Waals surface area (Å²) in [5.74, 6) is -1.84. The summed E-state index contributed by atoms with van der Waals surface area (Å²) >= 11 is 0.990. The third-order valence-electron chi connectivity index (χ3n) is 5.00. The zero-order valence-electron chi connectivity index (χ0n) is 15.9. The Kier molecular flexibility index (Phi) is 6.93. The highest BCUT2D eigenvalue weighted by Gasteiger charge is 2.18. The van der Waals surface area contributed by atoms with Gasteiger partial charge >= 0.3 is 5.97 Å². The van der Waals surface area contributed by atoms with Crippen LogP contribution in [-0.2, 0) is 20.9 Å². The average Bonchev–Trinajstić information content (AvgIpc) is 2.98. The minimum absolute atomic E-state index is 0.0540. The SMILES string of the molecule is CCOC(=O)Cn1c(=NC(=O)CCC2CCCCC2)sc2cc(F)cc(F)c21. The molecule has 8 heteroatoms. The molecule has 0 atom stereocenters. The van der Waals surface area contributed by atoms with Crippen molar-refractivity contribution in [2.45, 2.75) is 58.4 Å². The van der Waals surface area contributed by atoms with Crippen LogP contribution in [0.1, 0.15) is 51.9 Å². The topological polar surface area (TPSA) is 60.7 Å². The number of fused-ring (bicyclic) bond motifs is 1. The molecule has 1 heterocycles. The first kappa shape index (κ1) is 20.6. The Bertz CT molecular complexity index is 929. The molecule has 2 aromatic rings. The van der Waals surface area contributed by atoms with E-state index in [0.29, 0.717) is 17.0 Å². The van der Waals surface area contributed by atoms with Crippen LogP contribution in [-0.4, -0.2) is 23.1 Å². The van der Waals surface area contributed by atoms with Crippen molar-refractivity contribution >= 4 is 33.4 Å². The van der Waals surface area contributed by atoms with Gasteiger partial charge in [0.2, 0.25) is 5.91 Å². The van der Waals surface area contributed by atoms with Crippen LogP contribution >= 0.6 is 11.3 Å². The summed E-state index contributed by atoms with van der Waals surface area (Å²) in [6.45, 7) is 1.57. The van der Waals surface area contributed by atoms with Crippen LogP contribution in [0.3, 0.4) is 0 Å². The Balaban J connectivity index is 1.89. The standard InChI is InChI=1S/C20H24F2N2O3S/c1-2-27-18(26)12-24-19-15(22)10-14(21)11-16(19)28-20(24)23-17(25)9-8-13-6-4-3-5-7-13/h10-11,13H,2-9,12H2,1H3. The van der Waals surface area contributed by atoms with E-state index < -0.39 is 17.6 Å². The number of hydrogen-bond acceptors (Lipinski definition) is 4. The number of carbonyl (C=O) groups is 2. The van der Waals surface area contributed by atoms with Crippen molar-refractivity contribution < 1.29 is 23.1 Å². The van der Waals surface area contributed by atoms with E-state index in [1.54, 1.807) is 6.92 Å². The maximum absolute atomic E-state index is 14.4. The van der Waals surface area contributed by atoms with E-state index in [4.69, 9.17) is 4.74 Å². The number of ether oxygens (including phenoxy) is 1. The molecule has 0 N–H and O–H groups in total. The Morgan fingerprint density at radius 3 is 2.71 bits per heavy atom. The second-order valence-corrected chi connectivity index (χ2v) is 8.07. The zero-order valence-corrected chi connectivity index (χ0v) is 16.7. The third-order valence-corrected chi connectivity index (χ3v) is 6.02. The number of rotatable bonds is 6. The highest BCUT2D eigenvalue weighted by Crippen LogP contribution is 2.27. The van der Waals surface area contributed by atoms with Gasteiger partial charge in [-0.15, -0.1) is 0 Å². The Morgan fingerprint density at radius 2 is 2.00 bits per heavy atom. The van der Waals surface area contributed by atoms with Crippen LogP contribution in [0.5, 0.6) is 0 Å². The predicted molar refractivity (Wildman–Crippen MR) is 103 cm³/mol. The van der Waals surface area contributed by atoms with Crippen molar-refractivity contribution in [1.29, 1.82) is 0 Å². The molecule has 0 saturated heterocycles. The number of nitrogens with zero attached hydrogens (tertiary/aromatic N) is 2. The molecule has 0 radical (unpaired) electrons. The van der Waals surface area contributed by atoms with Crippen LogP contribution in [0.4, 0.5) is 8.78 Å². The van der Waals surface area contributed by atoms with E-state index in [1.807, 2.05) is 0 Å². The fourth-order valence-electron chi connectivity index (χ4n) is 3.66. The summed E-state index contributed by atoms with van der Waals surface area (Å²) in [4.78, 5) is 28.6. The van der Waals surface area contributed by atoms with E-state index in [9.17, 15) is 18.4 Å². The van der Waals surface area contributed by atoms with Crippen LogP contribution in [0.2, 0.25) is 0 Å². The molecular weight excluding hydrogens is 386 g/mol. The van der Waals surface area contributed by atoms with Crippen molar-refractivity contribution in [2.75, 3.05) is 6.61 Å². The number of thiazole rings is 1. The molecule has 0 spiro atoms. The molecule has 0 aliphatic heterocycles. The highest BCUT2D eigenvalue weighted by molar-refractivity contribution is 7.16. The summed E-state index contributed by atoms with van der Waals surface area (Å²) in [7, 11) is 0. The number of benzene rings is 1. The molecular formula is C20H24F2N2O3S. The lowest BCUT2D eigenvalue weighted by molar-refractivity contribution is -0.143. The highest BCUT2D eigenvalue weighted by atomic mass is 32.1. The largest absolute Gasteiger partial charge is 0.465 e. The van der Waals surface area contributed by atoms with Gasteiger partial charge in [-0.05, 0) is 25.3 Å². The quantitative estimate of drug-likeness (QED) is 0.666. The zero-order chi connectivity index (χ0) is 20.1. The summed E-state index contributed by atoms with van der Waals surface area (Å²) in [6, 6.07) is 1.93. The number of halogens is 2. The molecule has 5 nitrogen and oxygen atoms in total. The van der Waals surface area contributed by atoms with Crippen molar-refractivity contribution in [2.24, 2.45) is 10.9 Å². The maximum atomic E-state index is 14.4. The summed E-state index contributed by atoms with van der Waals surface area (Å²) in [5, 5.41) is 0. The van der Waals surface area contributed by atoms with Crippen molar-refractivity contribution in [3.8, 4) is 0 Å². The van der Waals surface area contributed by atoms with Crippen LogP contribution < -0.4 is 4.80 Å². The number of esters is 1. The van der Waals surface area contributed by atoms with Crippen molar-refractivity contribution in [3.05, 3.63) is 28.6 Å². The molecule has 1 saturated carbocycles. The molecule has 0 bridgehead atoms. The van der Waals surface area contributed by atoms with E-state index in [2.05, 4.69) is 4.99 Å². The van der Waals surface area contributed by atoms with Crippen LogP contribution in [0.15, 0.2) is 17.1 Å². The summed E-state index contributed by atoms with van der Waals surface area (Å²) in [5.41, 5.74) is 0.0540. The van der Waals surface area contributed by atoms with Crippen LogP contribution in [0, 0.1) is 17.6 Å². The van der Waals surface area contributed by atoms with Gasteiger partial charge in [0.15, 0.2) is 10.6 Å². The molecule has 1 aromatic heterocycles. The van der Waals surface area contributed by atoms with Gasteiger partial charge in [0.1, 0.15) is 12.4 Å². The van der Waals surface area contributed by atoms with Gasteiger partial charge in [-0.3, -0.25) is 9.59 Å². The lowest BCUT2D eigenvalue weighted by Crippen LogP contribution is -2.23. The van der Waals surface area contributed by atoms with Gasteiger partial charge in [-0.25, -0.2) is 8.78 Å². The average molecular weight is 410 g/mol. The number of aromatic nitrogens is 1. The molecule has 28 heavy (non-hydrogen) atoms. The number of carbonyl (C=O) groups excluding carboxylic acids is 2. The predicted octanol–water partition coefficient (Wildman–Crippen LogP) is 4.33. The lowest BCUT2D eigenvalue weighted by Gasteiger charge is -2.20. The minimum Gasteiger partial charge on any atom is -0.465 e. The molecule has 3 rings (SSSR count). The second kappa shape index (κ2) is 9.41. The van der Waals surface area contributed by atoms with E-state index in [0.717, 1.165) is 36.7 Å². The molecule has 152 valence electrons. The van der Waals surface area contributed by atoms with Gasteiger partial charge in [-0.1, -0.05) is 43.4 Å². The molecule has 0 unspecified atom stereocenters. The Hall–Kier alpha value is -2.09. The third kappa shape index (κ3) is 5.04. The monoisotopic (exact) mass is 410 g/mol. The molecule has 1 fully saturated rings. The van der Waals surface area contributed by atoms with Crippen molar-refractivity contribution in [1.82, 2.24) is 4.57 Å². The normalized spacial score (nSPS) is 15.9. The first-order valence-electron chi connectivity index (χ1n) is 9.69. The van der Waals surface area contributed by atoms with Gasteiger partial charge < -0.3 is 9.30 Å². The first-order valence-corrected chi connectivity index (χ1v) is 10.5. The Labute approximate surface area is 166 Å². The molecule has 1 aromatic carbocycles. The fraction of sp³-hybridized carbons (Fsp3) is 0.550. The number of hydrogen-bond donors (Lipinski definition) is 0. The lowest BCUT2D eigenvalue weighted by atomic mass is 9.86.